The molecule has 0 bridgehead atoms. The van der Waals surface area contributed by atoms with Crippen LogP contribution in [0.3, 0.4) is 0 Å². The first-order valence-corrected chi connectivity index (χ1v) is 32.3. The van der Waals surface area contributed by atoms with Crippen LogP contribution in [0.25, 0.3) is 12.2 Å². The predicted molar refractivity (Wildman–Crippen MR) is 219 cm³/mol. The number of rotatable bonds is 6. The van der Waals surface area contributed by atoms with Crippen LogP contribution in [-0.4, -0.2) is 17.1 Å². The first-order valence-electron chi connectivity index (χ1n) is 18.7. The number of benzene rings is 4. The third-order valence-corrected chi connectivity index (χ3v) is 28.7. The Hall–Kier alpha value is -2.94. The maximum absolute atomic E-state index is 9.21. The summed E-state index contributed by atoms with van der Waals surface area (Å²) in [7, 11) is 0. The SMILES string of the molecule is CCC1=Cc2c(C(C)C)cccc2[CH]1[Zr]([CH3])([CH3])(=[SiH2])[CH]1C(CC)=Cc2c(C(C)C)cccc21.Cc1cccc(C)c1O.Cc1cccc(C)c1O. The van der Waals surface area contributed by atoms with Crippen LogP contribution >= 0.6 is 0 Å². The molecule has 2 atom stereocenters. The third-order valence-electron chi connectivity index (χ3n) is 11.2. The van der Waals surface area contributed by atoms with Gasteiger partial charge in [-0.25, -0.2) is 0 Å². The van der Waals surface area contributed by atoms with Crippen molar-refractivity contribution in [2.45, 2.75) is 110 Å². The Bertz CT molecular complexity index is 1810. The smallest absolute Gasteiger partial charge is 0.121 e. The molecule has 0 aliphatic heterocycles. The van der Waals surface area contributed by atoms with E-state index in [1.54, 1.807) is 33.4 Å². The van der Waals surface area contributed by atoms with E-state index in [9.17, 15) is 10.2 Å². The zero-order valence-electron chi connectivity index (χ0n) is 32.9. The Morgan fingerprint density at radius 1 is 0.560 bits per heavy atom. The molecule has 0 fully saturated rings. The Labute approximate surface area is 306 Å². The van der Waals surface area contributed by atoms with Crippen molar-refractivity contribution < 1.29 is 27.6 Å². The number of para-hydroxylation sites is 2. The Morgan fingerprint density at radius 2 is 0.860 bits per heavy atom. The number of fused-ring (bicyclic) bond motifs is 2. The van der Waals surface area contributed by atoms with Gasteiger partial charge in [-0.3, -0.25) is 0 Å². The molecule has 0 amide bonds. The van der Waals surface area contributed by atoms with Gasteiger partial charge in [-0.1, -0.05) is 36.4 Å². The number of aryl methyl sites for hydroxylation is 4. The molecular weight excluding hydrogens is 704 g/mol. The monoisotopic (exact) mass is 764 g/mol. The van der Waals surface area contributed by atoms with Crippen LogP contribution in [0.5, 0.6) is 11.5 Å². The van der Waals surface area contributed by atoms with Crippen LogP contribution < -0.4 is 0 Å². The number of phenolic OH excluding ortho intramolecular Hbond substituents is 2. The number of aromatic hydroxyl groups is 2. The molecule has 0 spiro atoms. The molecule has 50 heavy (non-hydrogen) atoms. The topological polar surface area (TPSA) is 40.5 Å². The van der Waals surface area contributed by atoms with Crippen molar-refractivity contribution in [2.24, 2.45) is 0 Å². The van der Waals surface area contributed by atoms with Crippen molar-refractivity contribution >= 4 is 19.0 Å². The van der Waals surface area contributed by atoms with E-state index in [1.807, 2.05) is 64.1 Å². The van der Waals surface area contributed by atoms with Gasteiger partial charge in [-0.2, -0.15) is 0 Å². The second-order valence-corrected chi connectivity index (χ2v) is 46.9. The first-order chi connectivity index (χ1) is 23.4. The van der Waals surface area contributed by atoms with Gasteiger partial charge in [0.05, 0.1) is 0 Å². The fraction of sp³-hybridized carbons (Fsp3) is 0.391. The van der Waals surface area contributed by atoms with Gasteiger partial charge in [0, 0.05) is 0 Å². The molecule has 6 rings (SSSR count). The fourth-order valence-corrected chi connectivity index (χ4v) is 28.8. The molecule has 4 aromatic rings. The summed E-state index contributed by atoms with van der Waals surface area (Å²) in [6, 6.07) is 25.8. The fourth-order valence-electron chi connectivity index (χ4n) is 8.61. The second-order valence-electron chi connectivity index (χ2n) is 16.4. The van der Waals surface area contributed by atoms with E-state index < -0.39 is 17.4 Å². The quantitative estimate of drug-likeness (QED) is 0.192. The van der Waals surface area contributed by atoms with E-state index in [1.165, 1.54) is 11.1 Å². The van der Waals surface area contributed by atoms with E-state index in [0.717, 1.165) is 35.1 Å². The minimum absolute atomic E-state index is 0.414. The van der Waals surface area contributed by atoms with Crippen molar-refractivity contribution in [1.82, 2.24) is 0 Å². The van der Waals surface area contributed by atoms with Gasteiger partial charge in [0.15, 0.2) is 0 Å². The average Bonchev–Trinajstić information content (AvgIpc) is 3.66. The van der Waals surface area contributed by atoms with E-state index in [-0.39, 0.29) is 0 Å². The minimum Gasteiger partial charge on any atom is -0.507 e. The van der Waals surface area contributed by atoms with Crippen LogP contribution in [0.1, 0.15) is 129 Å². The van der Waals surface area contributed by atoms with Crippen molar-refractivity contribution in [2.75, 3.05) is 0 Å². The summed E-state index contributed by atoms with van der Waals surface area (Å²) < 4.78 is 6.83. The summed E-state index contributed by atoms with van der Waals surface area (Å²) in [5, 5.41) is 18.4. The zero-order chi connectivity index (χ0) is 37.2. The summed E-state index contributed by atoms with van der Waals surface area (Å²) >= 11 is -3.39. The van der Waals surface area contributed by atoms with E-state index in [2.05, 4.69) is 106 Å². The van der Waals surface area contributed by atoms with Gasteiger partial charge < -0.3 is 10.2 Å². The molecule has 2 unspecified atom stereocenters. The average molecular weight is 766 g/mol. The van der Waals surface area contributed by atoms with Gasteiger partial charge in [0.2, 0.25) is 0 Å². The summed E-state index contributed by atoms with van der Waals surface area (Å²) in [4.78, 5) is 0. The molecule has 2 nitrogen and oxygen atoms in total. The number of allylic oxidation sites excluding steroid dienone is 2. The van der Waals surface area contributed by atoms with Gasteiger partial charge in [-0.05, 0) is 49.9 Å². The van der Waals surface area contributed by atoms with Crippen LogP contribution in [0.4, 0.5) is 0 Å². The van der Waals surface area contributed by atoms with Crippen LogP contribution in [0.15, 0.2) is 83.9 Å². The second kappa shape index (κ2) is 15.7. The van der Waals surface area contributed by atoms with Crippen molar-refractivity contribution in [3.63, 3.8) is 0 Å². The molecule has 266 valence electrons. The van der Waals surface area contributed by atoms with Crippen LogP contribution in [0, 0.1) is 27.7 Å². The molecule has 0 radical (unpaired) electrons. The van der Waals surface area contributed by atoms with E-state index in [0.29, 0.717) is 30.6 Å². The molecule has 4 aromatic carbocycles. The molecule has 2 N–H and O–H groups in total. The molecular formula is C46H62O2SiZr. The Kier molecular flexibility index (Phi) is 12.5. The van der Waals surface area contributed by atoms with E-state index in [4.69, 9.17) is 0 Å². The van der Waals surface area contributed by atoms with Crippen LogP contribution in [0.2, 0.25) is 9.26 Å². The van der Waals surface area contributed by atoms with Gasteiger partial charge in [0.25, 0.3) is 0 Å². The predicted octanol–water partition coefficient (Wildman–Crippen LogP) is 12.7. The van der Waals surface area contributed by atoms with Gasteiger partial charge >= 0.3 is 200 Å². The van der Waals surface area contributed by atoms with Crippen LogP contribution in [-0.2, 0) is 17.4 Å². The van der Waals surface area contributed by atoms with Crippen molar-refractivity contribution in [3.05, 3.63) is 140 Å². The zero-order valence-corrected chi connectivity index (χ0v) is 36.8. The number of hydrogen-bond acceptors (Lipinski definition) is 2. The molecule has 0 saturated carbocycles. The number of phenols is 2. The Balaban J connectivity index is 0.000000253. The van der Waals surface area contributed by atoms with E-state index >= 15 is 0 Å². The summed E-state index contributed by atoms with van der Waals surface area (Å²) in [6.07, 6.45) is 7.52. The van der Waals surface area contributed by atoms with Crippen molar-refractivity contribution in [1.29, 1.82) is 0 Å². The molecule has 0 heterocycles. The van der Waals surface area contributed by atoms with Gasteiger partial charge in [0.1, 0.15) is 11.5 Å². The largest absolute Gasteiger partial charge is 0.507 e. The van der Waals surface area contributed by atoms with Crippen molar-refractivity contribution in [3.8, 4) is 11.5 Å². The molecule has 4 heteroatoms. The Morgan fingerprint density at radius 3 is 1.12 bits per heavy atom. The summed E-state index contributed by atoms with van der Waals surface area (Å²) in [6.45, 7) is 24.2. The minimum atomic E-state index is -3.39. The maximum atomic E-state index is 9.21. The molecule has 2 aliphatic rings. The third kappa shape index (κ3) is 7.93. The summed E-state index contributed by atoms with van der Waals surface area (Å²) in [5.74, 6) is 1.96. The summed E-state index contributed by atoms with van der Waals surface area (Å²) in [5.41, 5.74) is 16.6. The number of hydrogen-bond donors (Lipinski definition) is 2. The first kappa shape index (κ1) is 39.8. The standard InChI is InChI=1S/2C14H17.2C8H10O.2CH3.H2Si.Zr/c2*1-4-11-8-12-6-5-7-13(10(2)3)14(12)9-11;2*1-6-4-3-5-7(2)8(6)9;;;;/h2*5-10H,4H2,1-3H3;2*3-5,9H,1-2H3;2*1H3;1H2;. The molecule has 2 aliphatic carbocycles. The molecule has 0 aromatic heterocycles. The van der Waals surface area contributed by atoms with Gasteiger partial charge in [-0.15, -0.1) is 0 Å². The maximum Gasteiger partial charge on any atom is 0.121 e. The normalized spacial score (nSPS) is 16.5. The molecule has 0 saturated heterocycles.